The molecule has 1 aliphatic rings. The lowest BCUT2D eigenvalue weighted by Crippen LogP contribution is -2.47. The van der Waals surface area contributed by atoms with Crippen molar-refractivity contribution in [3.05, 3.63) is 48.3 Å². The number of fused-ring (bicyclic) bond motifs is 1. The number of ether oxygens (including phenoxy) is 1. The van der Waals surface area contributed by atoms with Crippen LogP contribution in [0.25, 0.3) is 22.2 Å². The summed E-state index contributed by atoms with van der Waals surface area (Å²) in [5.74, 6) is 0.989. The molecule has 0 spiro atoms. The normalized spacial score (nSPS) is 15.3. The zero-order valence-corrected chi connectivity index (χ0v) is 15.7. The van der Waals surface area contributed by atoms with Crippen LogP contribution in [0.3, 0.4) is 0 Å². The number of pyridine rings is 1. The Labute approximate surface area is 158 Å². The van der Waals surface area contributed by atoms with Gasteiger partial charge < -0.3 is 19.5 Å². The molecule has 27 heavy (non-hydrogen) atoms. The fraction of sp³-hybridized carbons (Fsp3) is 0.333. The summed E-state index contributed by atoms with van der Waals surface area (Å²) in [6.45, 7) is 3.46. The van der Waals surface area contributed by atoms with Crippen molar-refractivity contribution in [3.63, 3.8) is 0 Å². The van der Waals surface area contributed by atoms with Crippen LogP contribution in [0.2, 0.25) is 0 Å². The second-order valence-electron chi connectivity index (χ2n) is 7.03. The van der Waals surface area contributed by atoms with Crippen molar-refractivity contribution >= 4 is 16.9 Å². The van der Waals surface area contributed by atoms with E-state index in [1.165, 1.54) is 0 Å². The zero-order valence-electron chi connectivity index (χ0n) is 15.7. The van der Waals surface area contributed by atoms with Gasteiger partial charge in [-0.25, -0.2) is 4.98 Å². The van der Waals surface area contributed by atoms with E-state index in [9.17, 15) is 4.79 Å². The third-order valence-corrected chi connectivity index (χ3v) is 5.22. The molecular formula is C21H24N4O2. The van der Waals surface area contributed by atoms with Crippen molar-refractivity contribution in [1.29, 1.82) is 0 Å². The van der Waals surface area contributed by atoms with Crippen molar-refractivity contribution in [2.45, 2.75) is 6.42 Å². The molecule has 1 N–H and O–H groups in total. The highest BCUT2D eigenvalue weighted by Crippen LogP contribution is 2.27. The maximum atomic E-state index is 12.7. The summed E-state index contributed by atoms with van der Waals surface area (Å²) >= 11 is 0. The Morgan fingerprint density at radius 3 is 2.78 bits per heavy atom. The number of carbonyl (C=O) groups is 1. The molecule has 0 saturated carbocycles. The molecule has 140 valence electrons. The van der Waals surface area contributed by atoms with Gasteiger partial charge in [-0.15, -0.1) is 0 Å². The second-order valence-corrected chi connectivity index (χ2v) is 7.03. The lowest BCUT2D eigenvalue weighted by Gasteiger charge is -2.32. The van der Waals surface area contributed by atoms with Crippen LogP contribution in [0.15, 0.2) is 42.7 Å². The Morgan fingerprint density at radius 1 is 1.19 bits per heavy atom. The van der Waals surface area contributed by atoms with Crippen LogP contribution in [0, 0.1) is 0 Å². The first-order valence-corrected chi connectivity index (χ1v) is 9.21. The van der Waals surface area contributed by atoms with Gasteiger partial charge in [0.05, 0.1) is 13.5 Å². The van der Waals surface area contributed by atoms with Gasteiger partial charge >= 0.3 is 0 Å². The van der Waals surface area contributed by atoms with Crippen molar-refractivity contribution in [2.24, 2.45) is 0 Å². The summed E-state index contributed by atoms with van der Waals surface area (Å²) in [4.78, 5) is 24.6. The van der Waals surface area contributed by atoms with Crippen LogP contribution < -0.4 is 4.74 Å². The zero-order chi connectivity index (χ0) is 18.8. The smallest absolute Gasteiger partial charge is 0.227 e. The van der Waals surface area contributed by atoms with E-state index >= 15 is 0 Å². The molecule has 6 heteroatoms. The van der Waals surface area contributed by atoms with Crippen molar-refractivity contribution in [1.82, 2.24) is 19.8 Å². The van der Waals surface area contributed by atoms with Crippen LogP contribution in [0.5, 0.6) is 5.75 Å². The molecule has 1 amide bonds. The minimum Gasteiger partial charge on any atom is -0.497 e. The molecule has 3 aromatic rings. The monoisotopic (exact) mass is 364 g/mol. The SMILES string of the molecule is COc1cccc(-c2cnc3[nH]cc(CC(=O)N4CCN(C)CC4)c3c2)c1. The van der Waals surface area contributed by atoms with Gasteiger partial charge in [0, 0.05) is 49.5 Å². The van der Waals surface area contributed by atoms with Crippen LogP contribution in [-0.4, -0.2) is 66.0 Å². The first-order chi connectivity index (χ1) is 13.1. The van der Waals surface area contributed by atoms with Crippen LogP contribution in [0.4, 0.5) is 0 Å². The first-order valence-electron chi connectivity index (χ1n) is 9.21. The lowest BCUT2D eigenvalue weighted by atomic mass is 10.0. The maximum absolute atomic E-state index is 12.7. The largest absolute Gasteiger partial charge is 0.497 e. The van der Waals surface area contributed by atoms with E-state index in [0.29, 0.717) is 6.42 Å². The fourth-order valence-electron chi connectivity index (χ4n) is 3.50. The molecule has 1 fully saturated rings. The average molecular weight is 364 g/mol. The van der Waals surface area contributed by atoms with E-state index in [2.05, 4.69) is 28.0 Å². The van der Waals surface area contributed by atoms with Gasteiger partial charge in [0.25, 0.3) is 0 Å². The molecule has 0 aliphatic carbocycles. The number of hydrogen-bond donors (Lipinski definition) is 1. The van der Waals surface area contributed by atoms with Crippen LogP contribution >= 0.6 is 0 Å². The number of benzene rings is 1. The van der Waals surface area contributed by atoms with E-state index in [4.69, 9.17) is 4.74 Å². The number of aromatic nitrogens is 2. The number of hydrogen-bond acceptors (Lipinski definition) is 4. The Hall–Kier alpha value is -2.86. The number of aromatic amines is 1. The molecule has 0 bridgehead atoms. The number of rotatable bonds is 4. The summed E-state index contributed by atoms with van der Waals surface area (Å²) in [7, 11) is 3.75. The van der Waals surface area contributed by atoms with Gasteiger partial charge in [0.15, 0.2) is 0 Å². The van der Waals surface area contributed by atoms with E-state index < -0.39 is 0 Å². The number of likely N-dealkylation sites (N-methyl/N-ethyl adjacent to an activating group) is 1. The molecule has 3 heterocycles. The highest BCUT2D eigenvalue weighted by molar-refractivity contribution is 5.89. The summed E-state index contributed by atoms with van der Waals surface area (Å²) in [6, 6.07) is 10.0. The molecule has 6 nitrogen and oxygen atoms in total. The topological polar surface area (TPSA) is 61.5 Å². The molecule has 1 aliphatic heterocycles. The highest BCUT2D eigenvalue weighted by Gasteiger charge is 2.20. The minimum atomic E-state index is 0.177. The molecule has 0 atom stereocenters. The van der Waals surface area contributed by atoms with Crippen LogP contribution in [0.1, 0.15) is 5.56 Å². The lowest BCUT2D eigenvalue weighted by molar-refractivity contribution is -0.132. The quantitative estimate of drug-likeness (QED) is 0.773. The van der Waals surface area contributed by atoms with E-state index in [1.54, 1.807) is 7.11 Å². The molecule has 0 radical (unpaired) electrons. The summed E-state index contributed by atoms with van der Waals surface area (Å²) in [5, 5.41) is 0.998. The Kier molecular flexibility index (Phi) is 4.81. The van der Waals surface area contributed by atoms with Gasteiger partial charge in [0.2, 0.25) is 5.91 Å². The standard InChI is InChI=1S/C21H24N4O2/c1-24-6-8-25(9-7-24)20(26)12-17-14-23-21-19(17)11-16(13-22-21)15-4-3-5-18(10-15)27-2/h3-5,10-11,13-14H,6-9,12H2,1-2H3,(H,22,23). The maximum Gasteiger partial charge on any atom is 0.227 e. The number of carbonyl (C=O) groups excluding carboxylic acids is 1. The minimum absolute atomic E-state index is 0.177. The van der Waals surface area contributed by atoms with Gasteiger partial charge in [-0.1, -0.05) is 12.1 Å². The van der Waals surface area contributed by atoms with E-state index in [-0.39, 0.29) is 5.91 Å². The average Bonchev–Trinajstić information content (AvgIpc) is 3.10. The van der Waals surface area contributed by atoms with Gasteiger partial charge in [-0.2, -0.15) is 0 Å². The first kappa shape index (κ1) is 17.5. The van der Waals surface area contributed by atoms with E-state index in [0.717, 1.165) is 59.7 Å². The number of amides is 1. The molecule has 1 aromatic carbocycles. The third kappa shape index (κ3) is 3.66. The van der Waals surface area contributed by atoms with Crippen molar-refractivity contribution in [2.75, 3.05) is 40.3 Å². The predicted molar refractivity (Wildman–Crippen MR) is 106 cm³/mol. The van der Waals surface area contributed by atoms with Gasteiger partial charge in [0.1, 0.15) is 11.4 Å². The molecule has 2 aromatic heterocycles. The fourth-order valence-corrected chi connectivity index (χ4v) is 3.50. The molecule has 1 saturated heterocycles. The second kappa shape index (κ2) is 7.40. The summed E-state index contributed by atoms with van der Waals surface area (Å²) in [5.41, 5.74) is 3.85. The molecule has 4 rings (SSSR count). The van der Waals surface area contributed by atoms with Gasteiger partial charge in [-0.05, 0) is 36.4 Å². The number of H-pyrrole nitrogens is 1. The molecular weight excluding hydrogens is 340 g/mol. The van der Waals surface area contributed by atoms with E-state index in [1.807, 2.05) is 41.6 Å². The third-order valence-electron chi connectivity index (χ3n) is 5.22. The summed E-state index contributed by atoms with van der Waals surface area (Å²) in [6.07, 6.45) is 4.15. The summed E-state index contributed by atoms with van der Waals surface area (Å²) < 4.78 is 5.32. The number of piperazine rings is 1. The number of methoxy groups -OCH3 is 1. The predicted octanol–water partition coefficient (Wildman–Crippen LogP) is 2.56. The highest BCUT2D eigenvalue weighted by atomic mass is 16.5. The number of nitrogens with one attached hydrogen (secondary N) is 1. The van der Waals surface area contributed by atoms with Crippen molar-refractivity contribution in [3.8, 4) is 16.9 Å². The Balaban J connectivity index is 1.59. The Bertz CT molecular complexity index is 958. The van der Waals surface area contributed by atoms with Crippen LogP contribution in [-0.2, 0) is 11.2 Å². The van der Waals surface area contributed by atoms with Gasteiger partial charge in [-0.3, -0.25) is 4.79 Å². The number of nitrogens with zero attached hydrogens (tertiary/aromatic N) is 3. The molecule has 0 unspecified atom stereocenters. The Morgan fingerprint density at radius 2 is 2.00 bits per heavy atom. The van der Waals surface area contributed by atoms with Crippen molar-refractivity contribution < 1.29 is 9.53 Å².